The lowest BCUT2D eigenvalue weighted by Crippen LogP contribution is -2.30. The summed E-state index contributed by atoms with van der Waals surface area (Å²) in [5, 5.41) is 10.7. The van der Waals surface area contributed by atoms with E-state index in [4.69, 9.17) is 37.0 Å². The second-order valence-corrected chi connectivity index (χ2v) is 34.7. The summed E-state index contributed by atoms with van der Waals surface area (Å²) in [7, 11) is -9.92. The predicted octanol–water partition coefficient (Wildman–Crippen LogP) is 24.8. The van der Waals surface area contributed by atoms with Gasteiger partial charge < -0.3 is 33.8 Å². The first-order valence-electron chi connectivity index (χ1n) is 42.7. The molecule has 17 nitrogen and oxygen atoms in total. The Bertz CT molecular complexity index is 1990. The molecule has 0 rings (SSSR count). The van der Waals surface area contributed by atoms with Crippen molar-refractivity contribution in [2.75, 3.05) is 39.6 Å². The van der Waals surface area contributed by atoms with Crippen molar-refractivity contribution in [3.8, 4) is 0 Å². The molecule has 0 aromatic carbocycles. The molecule has 0 aliphatic rings. The van der Waals surface area contributed by atoms with Gasteiger partial charge in [-0.25, -0.2) is 9.13 Å². The third-order valence-corrected chi connectivity index (χ3v) is 21.2. The molecule has 5 atom stereocenters. The third kappa shape index (κ3) is 76.3. The van der Waals surface area contributed by atoms with Crippen LogP contribution >= 0.6 is 15.6 Å². The predicted molar refractivity (Wildman–Crippen MR) is 418 cm³/mol. The average molecular weight is 1490 g/mol. The van der Waals surface area contributed by atoms with Crippen LogP contribution in [0.1, 0.15) is 428 Å². The fraction of sp³-hybridized carbons (Fsp3) is 0.952. The fourth-order valence-electron chi connectivity index (χ4n) is 12.8. The molecule has 19 heteroatoms. The number of esters is 4. The van der Waals surface area contributed by atoms with Crippen molar-refractivity contribution in [1.82, 2.24) is 0 Å². The number of carbonyl (C=O) groups excluding carboxylic acids is 4. The van der Waals surface area contributed by atoms with Crippen LogP contribution in [0.2, 0.25) is 0 Å². The molecule has 3 unspecified atom stereocenters. The maximum atomic E-state index is 13.1. The topological polar surface area (TPSA) is 237 Å². The van der Waals surface area contributed by atoms with Gasteiger partial charge in [-0.2, -0.15) is 0 Å². The minimum absolute atomic E-state index is 0.106. The maximum absolute atomic E-state index is 13.1. The molecule has 0 aliphatic carbocycles. The van der Waals surface area contributed by atoms with Gasteiger partial charge in [-0.3, -0.25) is 37.3 Å². The zero-order valence-electron chi connectivity index (χ0n) is 67.2. The SMILES string of the molecule is CC(C)CCCCCCCCCCCCCCCCCCC(=O)OC[C@H](COP(=O)(O)OCC(O)COP(=O)(O)OC[C@@H](COC(=O)CCCCCCCCCC(C)C)OC(=O)CCCCCCCCCCCCCCC(C)C)OC(=O)CCCCCCCCCCCCCCCCCC(C)C. The van der Waals surface area contributed by atoms with Crippen LogP contribution in [0.4, 0.5) is 0 Å². The van der Waals surface area contributed by atoms with Crippen molar-refractivity contribution >= 4 is 39.5 Å². The van der Waals surface area contributed by atoms with Gasteiger partial charge in [-0.05, 0) is 49.4 Å². The molecule has 0 bridgehead atoms. The van der Waals surface area contributed by atoms with Gasteiger partial charge in [-0.15, -0.1) is 0 Å². The van der Waals surface area contributed by atoms with Crippen molar-refractivity contribution in [1.29, 1.82) is 0 Å². The van der Waals surface area contributed by atoms with Gasteiger partial charge in [0.05, 0.1) is 26.4 Å². The summed E-state index contributed by atoms with van der Waals surface area (Å²) < 4.78 is 68.8. The summed E-state index contributed by atoms with van der Waals surface area (Å²) in [6.07, 6.45) is 59.8. The highest BCUT2D eigenvalue weighted by Gasteiger charge is 2.30. The van der Waals surface area contributed by atoms with E-state index in [1.165, 1.54) is 225 Å². The molecule has 0 fully saturated rings. The van der Waals surface area contributed by atoms with E-state index in [9.17, 15) is 43.2 Å². The molecule has 0 amide bonds. The fourth-order valence-corrected chi connectivity index (χ4v) is 14.4. The molecule has 0 heterocycles. The van der Waals surface area contributed by atoms with Crippen LogP contribution in [0.15, 0.2) is 0 Å². The molecular weight excluding hydrogens is 1330 g/mol. The van der Waals surface area contributed by atoms with Crippen LogP contribution in [0.3, 0.4) is 0 Å². The summed E-state index contributed by atoms with van der Waals surface area (Å²) >= 11 is 0. The number of aliphatic hydroxyl groups is 1. The molecular formula is C83H162O17P2. The van der Waals surface area contributed by atoms with Gasteiger partial charge in [0.25, 0.3) is 0 Å². The van der Waals surface area contributed by atoms with Gasteiger partial charge in [0, 0.05) is 25.7 Å². The molecule has 0 spiro atoms. The maximum Gasteiger partial charge on any atom is 0.472 e. The quantitative estimate of drug-likeness (QED) is 0.0222. The summed E-state index contributed by atoms with van der Waals surface area (Å²) in [5.41, 5.74) is 0. The number of aliphatic hydroxyl groups excluding tert-OH is 1. The second-order valence-electron chi connectivity index (χ2n) is 31.8. The molecule has 102 heavy (non-hydrogen) atoms. The molecule has 0 saturated carbocycles. The molecule has 0 radical (unpaired) electrons. The number of hydrogen-bond donors (Lipinski definition) is 3. The van der Waals surface area contributed by atoms with Crippen molar-refractivity contribution in [2.24, 2.45) is 23.7 Å². The van der Waals surface area contributed by atoms with Crippen LogP contribution in [0, 0.1) is 23.7 Å². The van der Waals surface area contributed by atoms with Crippen LogP contribution in [0.25, 0.3) is 0 Å². The van der Waals surface area contributed by atoms with Crippen LogP contribution < -0.4 is 0 Å². The number of unbranched alkanes of at least 4 members (excludes halogenated alkanes) is 46. The Balaban J connectivity index is 5.24. The van der Waals surface area contributed by atoms with Gasteiger partial charge in [0.15, 0.2) is 12.2 Å². The van der Waals surface area contributed by atoms with E-state index in [0.29, 0.717) is 31.6 Å². The number of carbonyl (C=O) groups is 4. The Hall–Kier alpha value is -1.94. The van der Waals surface area contributed by atoms with Gasteiger partial charge in [-0.1, -0.05) is 376 Å². The highest BCUT2D eigenvalue weighted by molar-refractivity contribution is 7.47. The van der Waals surface area contributed by atoms with Gasteiger partial charge in [0.1, 0.15) is 19.3 Å². The molecule has 0 saturated heterocycles. The standard InChI is InChI=1S/C83H162O17P2/c1-73(2)59-51-43-35-28-22-16-12-9-10-14-18-25-31-39-47-55-63-80(85)93-69-78(99-82(87)65-57-49-40-32-26-19-15-11-13-17-23-29-36-44-52-60-74(3)4)71-97-101(89,90)95-67-77(84)68-96-102(91,92)98-72-79(70-94-81(86)64-56-48-42-34-38-46-54-62-76(7)8)100-83(88)66-58-50-41-33-27-21-20-24-30-37-45-53-61-75(5)6/h73-79,84H,9-72H2,1-8H3,(H,89,90)(H,91,92)/t77?,78-,79-/m1/s1. The Morgan fingerprint density at radius 3 is 0.608 bits per heavy atom. The number of rotatable bonds is 80. The van der Waals surface area contributed by atoms with E-state index in [-0.39, 0.29) is 25.7 Å². The lowest BCUT2D eigenvalue weighted by atomic mass is 10.0. The van der Waals surface area contributed by atoms with E-state index in [1.54, 1.807) is 0 Å². The zero-order chi connectivity index (χ0) is 75.3. The third-order valence-electron chi connectivity index (χ3n) is 19.3. The molecule has 606 valence electrons. The van der Waals surface area contributed by atoms with Crippen LogP contribution in [-0.4, -0.2) is 96.7 Å². The molecule has 0 aromatic rings. The lowest BCUT2D eigenvalue weighted by Gasteiger charge is -2.21. The minimum atomic E-state index is -4.96. The Morgan fingerprint density at radius 1 is 0.245 bits per heavy atom. The monoisotopic (exact) mass is 1490 g/mol. The second kappa shape index (κ2) is 72.0. The highest BCUT2D eigenvalue weighted by Crippen LogP contribution is 2.45. The largest absolute Gasteiger partial charge is 0.472 e. The van der Waals surface area contributed by atoms with Crippen molar-refractivity contribution < 1.29 is 80.2 Å². The zero-order valence-corrected chi connectivity index (χ0v) is 69.0. The van der Waals surface area contributed by atoms with E-state index in [1.807, 2.05) is 0 Å². The first-order chi connectivity index (χ1) is 49.1. The Labute approximate surface area is 626 Å². The Kier molecular flexibility index (Phi) is 70.6. The van der Waals surface area contributed by atoms with Gasteiger partial charge in [0.2, 0.25) is 0 Å². The van der Waals surface area contributed by atoms with Gasteiger partial charge >= 0.3 is 39.5 Å². The highest BCUT2D eigenvalue weighted by atomic mass is 31.2. The average Bonchev–Trinajstić information content (AvgIpc) is 0.909. The number of hydrogen-bond acceptors (Lipinski definition) is 15. The summed E-state index contributed by atoms with van der Waals surface area (Å²) in [6.45, 7) is 14.3. The molecule has 0 aliphatic heterocycles. The first-order valence-corrected chi connectivity index (χ1v) is 45.7. The summed E-state index contributed by atoms with van der Waals surface area (Å²) in [4.78, 5) is 73.1. The first kappa shape index (κ1) is 100. The number of phosphoric acid groups is 2. The Morgan fingerprint density at radius 2 is 0.412 bits per heavy atom. The van der Waals surface area contributed by atoms with E-state index >= 15 is 0 Å². The van der Waals surface area contributed by atoms with Crippen molar-refractivity contribution in [3.63, 3.8) is 0 Å². The van der Waals surface area contributed by atoms with E-state index < -0.39 is 97.5 Å². The molecule has 0 aromatic heterocycles. The van der Waals surface area contributed by atoms with E-state index in [2.05, 4.69) is 55.4 Å². The van der Waals surface area contributed by atoms with Crippen LogP contribution in [-0.2, 0) is 65.4 Å². The lowest BCUT2D eigenvalue weighted by molar-refractivity contribution is -0.161. The normalized spacial score (nSPS) is 14.0. The molecule has 3 N–H and O–H groups in total. The summed E-state index contributed by atoms with van der Waals surface area (Å²) in [5.74, 6) is 0.985. The van der Waals surface area contributed by atoms with E-state index in [0.717, 1.165) is 114 Å². The minimum Gasteiger partial charge on any atom is -0.462 e. The van der Waals surface area contributed by atoms with Crippen LogP contribution in [0.5, 0.6) is 0 Å². The van der Waals surface area contributed by atoms with Crippen molar-refractivity contribution in [3.05, 3.63) is 0 Å². The number of phosphoric ester groups is 2. The smallest absolute Gasteiger partial charge is 0.462 e. The van der Waals surface area contributed by atoms with Crippen molar-refractivity contribution in [2.45, 2.75) is 446 Å². The number of ether oxygens (including phenoxy) is 4. The summed E-state index contributed by atoms with van der Waals surface area (Å²) in [6, 6.07) is 0.